The molecule has 2 fully saturated rings. The molecular weight excluding hydrogens is 535 g/mol. The van der Waals surface area contributed by atoms with Gasteiger partial charge in [0.2, 0.25) is 15.9 Å². The van der Waals surface area contributed by atoms with E-state index in [0.29, 0.717) is 4.90 Å². The normalized spacial score (nSPS) is 20.0. The Balaban J connectivity index is 1.48. The van der Waals surface area contributed by atoms with Gasteiger partial charge in [0.25, 0.3) is 11.8 Å². The SMILES string of the molecule is N#CC1CN(S(=O)(=O)c2cccc(C(=O)N3CC(F)(F)C[C@@H]3C(=O)NCc3ccc(C(F)(F)F)cc3)c2)C1. The van der Waals surface area contributed by atoms with Crippen LogP contribution in [0.25, 0.3) is 0 Å². The molecule has 1 N–H and O–H groups in total. The van der Waals surface area contributed by atoms with Gasteiger partial charge in [-0.15, -0.1) is 0 Å². The summed E-state index contributed by atoms with van der Waals surface area (Å²) >= 11 is 0. The number of benzene rings is 2. The number of carbonyl (C=O) groups excluding carboxylic acids is 2. The molecule has 0 bridgehead atoms. The van der Waals surface area contributed by atoms with Crippen molar-refractivity contribution in [1.29, 1.82) is 5.26 Å². The Hall–Kier alpha value is -3.57. The molecule has 0 radical (unpaired) electrons. The van der Waals surface area contributed by atoms with Crippen LogP contribution in [0.2, 0.25) is 0 Å². The Labute approximate surface area is 214 Å². The highest BCUT2D eigenvalue weighted by Crippen LogP contribution is 2.34. The van der Waals surface area contributed by atoms with Gasteiger partial charge in [0.1, 0.15) is 6.04 Å². The zero-order valence-corrected chi connectivity index (χ0v) is 20.4. The molecule has 2 aromatic carbocycles. The van der Waals surface area contributed by atoms with E-state index in [1.807, 2.05) is 6.07 Å². The van der Waals surface area contributed by atoms with Crippen molar-refractivity contribution in [2.24, 2.45) is 5.92 Å². The number of sulfonamides is 1. The number of nitrogens with one attached hydrogen (secondary N) is 1. The quantitative estimate of drug-likeness (QED) is 0.550. The van der Waals surface area contributed by atoms with Gasteiger partial charge in [-0.2, -0.15) is 22.7 Å². The van der Waals surface area contributed by atoms with Gasteiger partial charge in [-0.1, -0.05) is 18.2 Å². The lowest BCUT2D eigenvalue weighted by molar-refractivity contribution is -0.137. The van der Waals surface area contributed by atoms with E-state index in [-0.39, 0.29) is 35.7 Å². The van der Waals surface area contributed by atoms with Gasteiger partial charge in [0.15, 0.2) is 0 Å². The number of likely N-dealkylation sites (tertiary alicyclic amines) is 1. The number of hydrogen-bond donors (Lipinski definition) is 1. The van der Waals surface area contributed by atoms with Gasteiger partial charge < -0.3 is 10.2 Å². The lowest BCUT2D eigenvalue weighted by Gasteiger charge is -2.34. The maximum Gasteiger partial charge on any atom is 0.416 e. The fraction of sp³-hybridized carbons (Fsp3) is 0.375. The molecule has 8 nitrogen and oxygen atoms in total. The first-order valence-electron chi connectivity index (χ1n) is 11.3. The Morgan fingerprint density at radius 3 is 2.37 bits per heavy atom. The standard InChI is InChI=1S/C24H21F5N4O4S/c25-23(26)9-20(21(34)31-11-15-4-6-18(7-5-15)24(27,28)29)33(14-23)22(35)17-2-1-3-19(8-17)38(36,37)32-12-16(10-30)13-32/h1-8,16,20H,9,11-14H2,(H,31,34)/t20-/m1/s1. The molecular formula is C24H21F5N4O4S. The molecule has 2 saturated heterocycles. The summed E-state index contributed by atoms with van der Waals surface area (Å²) < 4.78 is 93.4. The molecule has 0 aromatic heterocycles. The number of hydrogen-bond acceptors (Lipinski definition) is 5. The molecule has 2 aliphatic rings. The molecule has 14 heteroatoms. The largest absolute Gasteiger partial charge is 0.416 e. The Bertz CT molecular complexity index is 1380. The average molecular weight is 557 g/mol. The minimum Gasteiger partial charge on any atom is -0.350 e. The number of amides is 2. The molecule has 0 unspecified atom stereocenters. The molecule has 0 saturated carbocycles. The van der Waals surface area contributed by atoms with Crippen LogP contribution in [0.3, 0.4) is 0 Å². The Morgan fingerprint density at radius 1 is 1.11 bits per heavy atom. The van der Waals surface area contributed by atoms with E-state index in [1.165, 1.54) is 18.2 Å². The lowest BCUT2D eigenvalue weighted by Crippen LogP contribution is -2.49. The van der Waals surface area contributed by atoms with E-state index >= 15 is 0 Å². The van der Waals surface area contributed by atoms with Crippen molar-refractivity contribution in [3.8, 4) is 6.07 Å². The van der Waals surface area contributed by atoms with E-state index in [2.05, 4.69) is 5.32 Å². The fourth-order valence-electron chi connectivity index (χ4n) is 4.20. The highest BCUT2D eigenvalue weighted by Gasteiger charge is 2.50. The molecule has 0 spiro atoms. The van der Waals surface area contributed by atoms with Crippen molar-refractivity contribution < 1.29 is 40.0 Å². The predicted octanol–water partition coefficient (Wildman–Crippen LogP) is 3.02. The maximum atomic E-state index is 14.3. The van der Waals surface area contributed by atoms with Crippen molar-refractivity contribution in [2.75, 3.05) is 19.6 Å². The van der Waals surface area contributed by atoms with Crippen molar-refractivity contribution >= 4 is 21.8 Å². The first-order chi connectivity index (χ1) is 17.7. The minimum absolute atomic E-state index is 0.00344. The van der Waals surface area contributed by atoms with Crippen LogP contribution in [-0.2, 0) is 27.5 Å². The molecule has 2 aromatic rings. The van der Waals surface area contributed by atoms with Crippen LogP contribution in [0.1, 0.15) is 27.9 Å². The van der Waals surface area contributed by atoms with Crippen molar-refractivity contribution in [3.63, 3.8) is 0 Å². The van der Waals surface area contributed by atoms with Crippen molar-refractivity contribution in [3.05, 3.63) is 65.2 Å². The summed E-state index contributed by atoms with van der Waals surface area (Å²) in [6.07, 6.45) is -5.51. The second-order valence-electron chi connectivity index (χ2n) is 9.10. The summed E-state index contributed by atoms with van der Waals surface area (Å²) in [5, 5.41) is 11.2. The van der Waals surface area contributed by atoms with Gasteiger partial charge in [0.05, 0.1) is 29.0 Å². The summed E-state index contributed by atoms with van der Waals surface area (Å²) in [6, 6.07) is 9.07. The number of carbonyl (C=O) groups is 2. The van der Waals surface area contributed by atoms with Crippen LogP contribution in [0.5, 0.6) is 0 Å². The van der Waals surface area contributed by atoms with Gasteiger partial charge in [-0.25, -0.2) is 17.2 Å². The van der Waals surface area contributed by atoms with Gasteiger partial charge in [-0.3, -0.25) is 9.59 Å². The smallest absolute Gasteiger partial charge is 0.350 e. The third kappa shape index (κ3) is 5.63. The monoisotopic (exact) mass is 556 g/mol. The van der Waals surface area contributed by atoms with E-state index in [4.69, 9.17) is 5.26 Å². The van der Waals surface area contributed by atoms with Crippen LogP contribution < -0.4 is 5.32 Å². The summed E-state index contributed by atoms with van der Waals surface area (Å²) in [7, 11) is -4.02. The first kappa shape index (κ1) is 27.5. The van der Waals surface area contributed by atoms with Crippen molar-refractivity contribution in [1.82, 2.24) is 14.5 Å². The summed E-state index contributed by atoms with van der Waals surface area (Å²) in [5.74, 6) is -5.74. The number of nitriles is 1. The number of alkyl halides is 5. The van der Waals surface area contributed by atoms with Crippen LogP contribution in [-0.4, -0.2) is 61.0 Å². The van der Waals surface area contributed by atoms with Gasteiger partial charge in [-0.05, 0) is 35.9 Å². The maximum absolute atomic E-state index is 14.3. The Kier molecular flexibility index (Phi) is 7.19. The second kappa shape index (κ2) is 9.95. The molecule has 2 amide bonds. The van der Waals surface area contributed by atoms with E-state index in [0.717, 1.165) is 34.6 Å². The third-order valence-electron chi connectivity index (χ3n) is 6.33. The zero-order valence-electron chi connectivity index (χ0n) is 19.6. The fourth-order valence-corrected chi connectivity index (χ4v) is 5.78. The first-order valence-corrected chi connectivity index (χ1v) is 12.8. The van der Waals surface area contributed by atoms with E-state index in [1.54, 1.807) is 0 Å². The molecule has 2 heterocycles. The molecule has 202 valence electrons. The van der Waals surface area contributed by atoms with E-state index < -0.39 is 64.4 Å². The highest BCUT2D eigenvalue weighted by molar-refractivity contribution is 7.89. The van der Waals surface area contributed by atoms with Crippen LogP contribution in [0.15, 0.2) is 53.4 Å². The number of rotatable bonds is 6. The molecule has 38 heavy (non-hydrogen) atoms. The Morgan fingerprint density at radius 2 is 1.76 bits per heavy atom. The molecule has 1 atom stereocenters. The zero-order chi connectivity index (χ0) is 27.9. The molecule has 0 aliphatic carbocycles. The van der Waals surface area contributed by atoms with Gasteiger partial charge >= 0.3 is 6.18 Å². The second-order valence-corrected chi connectivity index (χ2v) is 11.0. The molecule has 2 aliphatic heterocycles. The van der Waals surface area contributed by atoms with Gasteiger partial charge in [0, 0.05) is 31.6 Å². The van der Waals surface area contributed by atoms with Crippen LogP contribution >= 0.6 is 0 Å². The number of halogens is 5. The topological polar surface area (TPSA) is 111 Å². The third-order valence-corrected chi connectivity index (χ3v) is 8.16. The van der Waals surface area contributed by atoms with Crippen molar-refractivity contribution in [2.45, 2.75) is 36.0 Å². The van der Waals surface area contributed by atoms with E-state index in [9.17, 15) is 40.0 Å². The summed E-state index contributed by atoms with van der Waals surface area (Å²) in [4.78, 5) is 26.3. The van der Waals surface area contributed by atoms with Crippen LogP contribution in [0.4, 0.5) is 22.0 Å². The summed E-state index contributed by atoms with van der Waals surface area (Å²) in [5.41, 5.74) is -0.818. The molecule has 4 rings (SSSR count). The predicted molar refractivity (Wildman–Crippen MR) is 122 cm³/mol. The number of nitrogens with zero attached hydrogens (tertiary/aromatic N) is 3. The minimum atomic E-state index is -4.54. The highest BCUT2D eigenvalue weighted by atomic mass is 32.2. The average Bonchev–Trinajstić information content (AvgIpc) is 3.16. The van der Waals surface area contributed by atoms with Crippen LogP contribution in [0, 0.1) is 17.2 Å². The summed E-state index contributed by atoms with van der Waals surface area (Å²) in [6.45, 7) is -1.33. The lowest BCUT2D eigenvalue weighted by atomic mass is 10.1.